The normalized spacial score (nSPS) is 24.4. The molecule has 1 aliphatic rings. The Morgan fingerprint density at radius 3 is 2.37 bits per heavy atom. The SMILES string of the molecule is CCS(=O)(=O)C1CC[C@H](CC(=O)NS(=O)(=O)F)C1=O. The van der Waals surface area contributed by atoms with E-state index in [9.17, 15) is 30.3 Å². The molecule has 0 bridgehead atoms. The summed E-state index contributed by atoms with van der Waals surface area (Å²) < 4.78 is 56.9. The van der Waals surface area contributed by atoms with Gasteiger partial charge in [0.2, 0.25) is 5.91 Å². The number of hydrogen-bond acceptors (Lipinski definition) is 6. The zero-order chi connectivity index (χ0) is 14.8. The molecule has 0 aromatic rings. The molecule has 0 spiro atoms. The quantitative estimate of drug-likeness (QED) is 0.683. The van der Waals surface area contributed by atoms with Gasteiger partial charge in [-0.3, -0.25) is 9.59 Å². The summed E-state index contributed by atoms with van der Waals surface area (Å²) in [5, 5.41) is -1.14. The number of carbonyl (C=O) groups is 2. The maximum absolute atomic E-state index is 12.2. The lowest BCUT2D eigenvalue weighted by Crippen LogP contribution is -2.33. The van der Waals surface area contributed by atoms with Crippen LogP contribution in [-0.2, 0) is 29.8 Å². The lowest BCUT2D eigenvalue weighted by molar-refractivity contribution is -0.126. The Morgan fingerprint density at radius 2 is 1.89 bits per heavy atom. The molecule has 0 heterocycles. The number of Topliss-reactive ketones (excluding diaryl/α,β-unsaturated/α-hetero) is 1. The second kappa shape index (κ2) is 5.53. The maximum Gasteiger partial charge on any atom is 0.399 e. The van der Waals surface area contributed by atoms with E-state index in [1.54, 1.807) is 0 Å². The minimum atomic E-state index is -5.16. The Morgan fingerprint density at radius 1 is 1.32 bits per heavy atom. The summed E-state index contributed by atoms with van der Waals surface area (Å²) in [6, 6.07) is 0. The van der Waals surface area contributed by atoms with Gasteiger partial charge in [-0.2, -0.15) is 8.42 Å². The van der Waals surface area contributed by atoms with Crippen LogP contribution in [0.5, 0.6) is 0 Å². The molecule has 1 N–H and O–H groups in total. The monoisotopic (exact) mass is 315 g/mol. The number of hydrogen-bond donors (Lipinski definition) is 1. The van der Waals surface area contributed by atoms with Crippen molar-refractivity contribution >= 4 is 31.9 Å². The summed E-state index contributed by atoms with van der Waals surface area (Å²) in [6.07, 6.45) is -0.254. The highest BCUT2D eigenvalue weighted by molar-refractivity contribution is 7.92. The highest BCUT2D eigenvalue weighted by atomic mass is 32.3. The number of halogens is 1. The fourth-order valence-corrected chi connectivity index (χ4v) is 3.86. The zero-order valence-electron chi connectivity index (χ0n) is 10.1. The van der Waals surface area contributed by atoms with Crippen molar-refractivity contribution in [2.75, 3.05) is 5.75 Å². The third kappa shape index (κ3) is 4.23. The predicted octanol–water partition coefficient (Wildman–Crippen LogP) is -0.511. The number of nitrogens with one attached hydrogen (secondary N) is 1. The van der Waals surface area contributed by atoms with E-state index in [0.717, 1.165) is 4.72 Å². The van der Waals surface area contributed by atoms with E-state index in [1.807, 2.05) is 0 Å². The second-order valence-corrected chi connectivity index (χ2v) is 7.84. The molecule has 2 atom stereocenters. The third-order valence-corrected chi connectivity index (χ3v) is 5.61. The van der Waals surface area contributed by atoms with Gasteiger partial charge in [-0.25, -0.2) is 13.1 Å². The molecule has 0 aromatic carbocycles. The molecule has 7 nitrogen and oxygen atoms in total. The molecule has 1 rings (SSSR count). The van der Waals surface area contributed by atoms with Crippen molar-refractivity contribution in [1.82, 2.24) is 4.72 Å². The van der Waals surface area contributed by atoms with Crippen molar-refractivity contribution in [3.05, 3.63) is 0 Å². The molecular formula is C9H14FNO6S2. The average Bonchev–Trinajstić information content (AvgIpc) is 2.58. The van der Waals surface area contributed by atoms with Gasteiger partial charge in [-0.05, 0) is 12.8 Å². The smallest absolute Gasteiger partial charge is 0.298 e. The standard InChI is InChI=1S/C9H14FNO6S2/c1-2-18(14,15)7-4-3-6(9(7)13)5-8(12)11-19(10,16)17/h6-7H,2-5H2,1H3,(H,11,12)/t6-,7?/m1/s1. The van der Waals surface area contributed by atoms with Crippen LogP contribution < -0.4 is 4.72 Å². The predicted molar refractivity (Wildman–Crippen MR) is 63.8 cm³/mol. The van der Waals surface area contributed by atoms with Gasteiger partial charge in [0, 0.05) is 18.1 Å². The Balaban J connectivity index is 2.70. The summed E-state index contributed by atoms with van der Waals surface area (Å²) in [6.45, 7) is 1.42. The van der Waals surface area contributed by atoms with Crippen molar-refractivity contribution in [2.24, 2.45) is 5.92 Å². The number of sulfone groups is 1. The molecule has 1 aliphatic carbocycles. The zero-order valence-corrected chi connectivity index (χ0v) is 11.8. The maximum atomic E-state index is 12.2. The lowest BCUT2D eigenvalue weighted by atomic mass is 10.0. The Bertz CT molecular complexity index is 582. The first kappa shape index (κ1) is 16.0. The summed E-state index contributed by atoms with van der Waals surface area (Å²) >= 11 is 0. The fourth-order valence-electron chi connectivity index (χ4n) is 2.06. The first-order valence-electron chi connectivity index (χ1n) is 5.57. The molecule has 110 valence electrons. The van der Waals surface area contributed by atoms with Crippen LogP contribution in [0.3, 0.4) is 0 Å². The molecule has 0 aliphatic heterocycles. The Hall–Kier alpha value is -1.03. The van der Waals surface area contributed by atoms with E-state index in [0.29, 0.717) is 0 Å². The number of carbonyl (C=O) groups excluding carboxylic acids is 2. The van der Waals surface area contributed by atoms with Crippen LogP contribution in [0.4, 0.5) is 3.89 Å². The van der Waals surface area contributed by atoms with Gasteiger partial charge in [-0.15, -0.1) is 0 Å². The van der Waals surface area contributed by atoms with Gasteiger partial charge in [0.1, 0.15) is 5.25 Å². The topological polar surface area (TPSA) is 114 Å². The first-order valence-corrected chi connectivity index (χ1v) is 8.67. The highest BCUT2D eigenvalue weighted by Crippen LogP contribution is 2.29. The first-order chi connectivity index (χ1) is 8.57. The number of ketones is 1. The van der Waals surface area contributed by atoms with Gasteiger partial charge in [0.25, 0.3) is 0 Å². The van der Waals surface area contributed by atoms with Gasteiger partial charge < -0.3 is 0 Å². The van der Waals surface area contributed by atoms with Crippen LogP contribution in [0.25, 0.3) is 0 Å². The van der Waals surface area contributed by atoms with Gasteiger partial charge in [0.15, 0.2) is 15.6 Å². The van der Waals surface area contributed by atoms with E-state index in [-0.39, 0.29) is 18.6 Å². The summed E-state index contributed by atoms with van der Waals surface area (Å²) in [7, 11) is -8.68. The van der Waals surface area contributed by atoms with Crippen molar-refractivity contribution in [3.63, 3.8) is 0 Å². The molecule has 1 unspecified atom stereocenters. The van der Waals surface area contributed by atoms with Crippen LogP contribution >= 0.6 is 0 Å². The fraction of sp³-hybridized carbons (Fsp3) is 0.778. The molecule has 0 aromatic heterocycles. The molecule has 19 heavy (non-hydrogen) atoms. The molecule has 10 heteroatoms. The summed E-state index contributed by atoms with van der Waals surface area (Å²) in [4.78, 5) is 23.0. The molecule has 0 radical (unpaired) electrons. The summed E-state index contributed by atoms with van der Waals surface area (Å²) in [5.41, 5.74) is 0. The van der Waals surface area contributed by atoms with E-state index < -0.39 is 49.5 Å². The van der Waals surface area contributed by atoms with Crippen molar-refractivity contribution in [3.8, 4) is 0 Å². The number of amides is 1. The molecular weight excluding hydrogens is 301 g/mol. The van der Waals surface area contributed by atoms with Crippen molar-refractivity contribution in [1.29, 1.82) is 0 Å². The largest absolute Gasteiger partial charge is 0.399 e. The molecule has 1 amide bonds. The van der Waals surface area contributed by atoms with Crippen LogP contribution in [0.1, 0.15) is 26.2 Å². The van der Waals surface area contributed by atoms with Gasteiger partial charge in [-0.1, -0.05) is 10.8 Å². The number of rotatable bonds is 5. The Kier molecular flexibility index (Phi) is 4.67. The van der Waals surface area contributed by atoms with E-state index in [2.05, 4.69) is 0 Å². The molecule has 1 fully saturated rings. The van der Waals surface area contributed by atoms with Crippen LogP contribution in [0.2, 0.25) is 0 Å². The van der Waals surface area contributed by atoms with E-state index in [1.165, 1.54) is 6.92 Å². The molecule has 0 saturated heterocycles. The molecule has 1 saturated carbocycles. The third-order valence-electron chi connectivity index (χ3n) is 3.00. The van der Waals surface area contributed by atoms with E-state index >= 15 is 0 Å². The van der Waals surface area contributed by atoms with Crippen molar-refractivity contribution in [2.45, 2.75) is 31.4 Å². The van der Waals surface area contributed by atoms with Crippen LogP contribution in [0, 0.1) is 5.92 Å². The van der Waals surface area contributed by atoms with Crippen LogP contribution in [-0.4, -0.2) is 39.5 Å². The minimum Gasteiger partial charge on any atom is -0.298 e. The average molecular weight is 315 g/mol. The second-order valence-electron chi connectivity index (χ2n) is 4.28. The lowest BCUT2D eigenvalue weighted by Gasteiger charge is -2.09. The van der Waals surface area contributed by atoms with Crippen LogP contribution in [0.15, 0.2) is 0 Å². The Labute approximate surface area is 110 Å². The van der Waals surface area contributed by atoms with Gasteiger partial charge in [0.05, 0.1) is 0 Å². The minimum absolute atomic E-state index is 0.106. The highest BCUT2D eigenvalue weighted by Gasteiger charge is 2.42. The van der Waals surface area contributed by atoms with Crippen molar-refractivity contribution < 1.29 is 30.3 Å². The van der Waals surface area contributed by atoms with Gasteiger partial charge >= 0.3 is 10.4 Å². The van der Waals surface area contributed by atoms with E-state index in [4.69, 9.17) is 0 Å². The summed E-state index contributed by atoms with van der Waals surface area (Å²) in [5.74, 6) is -2.82.